The molecule has 0 radical (unpaired) electrons. The van der Waals surface area contributed by atoms with Crippen molar-refractivity contribution in [3.05, 3.63) is 70.8 Å². The zero-order valence-electron chi connectivity index (χ0n) is 20.8. The minimum absolute atomic E-state index is 0.312. The van der Waals surface area contributed by atoms with Gasteiger partial charge in [0.2, 0.25) is 5.91 Å². The molecule has 8 heteroatoms. The van der Waals surface area contributed by atoms with Crippen LogP contribution in [0.1, 0.15) is 36.1 Å². The first kappa shape index (κ1) is 24.9. The van der Waals surface area contributed by atoms with Crippen molar-refractivity contribution in [2.45, 2.75) is 39.4 Å². The van der Waals surface area contributed by atoms with Crippen molar-refractivity contribution in [2.24, 2.45) is 0 Å². The van der Waals surface area contributed by atoms with E-state index in [4.69, 9.17) is 0 Å². The van der Waals surface area contributed by atoms with Crippen molar-refractivity contribution in [1.29, 1.82) is 0 Å². The molecule has 2 aliphatic rings. The number of benzene rings is 2. The van der Waals surface area contributed by atoms with Gasteiger partial charge in [-0.05, 0) is 37.1 Å². The number of likely N-dealkylation sites (N-methyl/N-ethyl adjacent to an activating group) is 1. The zero-order valence-corrected chi connectivity index (χ0v) is 20.8. The Morgan fingerprint density at radius 3 is 2.26 bits per heavy atom. The molecule has 2 aromatic rings. The molecule has 2 aliphatic heterocycles. The zero-order chi connectivity index (χ0) is 25.0. The number of carbonyl (C=O) groups excluding carboxylic acids is 3. The highest BCUT2D eigenvalue weighted by Crippen LogP contribution is 2.28. The fourth-order valence-electron chi connectivity index (χ4n) is 4.71. The Labute approximate surface area is 207 Å². The molecule has 2 heterocycles. The van der Waals surface area contributed by atoms with Gasteiger partial charge in [-0.25, -0.2) is 4.79 Å². The van der Waals surface area contributed by atoms with E-state index in [-0.39, 0.29) is 12.5 Å². The van der Waals surface area contributed by atoms with Gasteiger partial charge in [0, 0.05) is 39.3 Å². The molecule has 35 heavy (non-hydrogen) atoms. The van der Waals surface area contributed by atoms with Gasteiger partial charge in [0.05, 0.1) is 0 Å². The minimum atomic E-state index is -1.18. The summed E-state index contributed by atoms with van der Waals surface area (Å²) < 4.78 is 0. The molecule has 0 spiro atoms. The van der Waals surface area contributed by atoms with E-state index >= 15 is 0 Å². The van der Waals surface area contributed by atoms with Crippen LogP contribution >= 0.6 is 0 Å². The molecule has 1 atom stereocenters. The molecule has 8 nitrogen and oxygen atoms in total. The second-order valence-electron chi connectivity index (χ2n) is 9.57. The molecule has 0 aromatic heterocycles. The summed E-state index contributed by atoms with van der Waals surface area (Å²) in [5, 5.41) is 5.65. The number of rotatable bonds is 8. The standard InChI is InChI=1S/C27H35N5O3/c1-4-30-13-15-31(16-14-30)18-22-8-6-5-7-21(22)17-28-24(33)19-32-25(34)27(3,29-26(32)35)23-11-9-20(2)10-12-23/h5-12H,4,13-19H2,1-3H3,(H,28,33)(H,29,35). The second kappa shape index (κ2) is 10.6. The van der Waals surface area contributed by atoms with Gasteiger partial charge in [-0.2, -0.15) is 0 Å². The number of nitrogens with one attached hydrogen (secondary N) is 2. The highest BCUT2D eigenvalue weighted by atomic mass is 16.2. The van der Waals surface area contributed by atoms with E-state index < -0.39 is 17.5 Å². The molecule has 2 aromatic carbocycles. The van der Waals surface area contributed by atoms with E-state index in [1.807, 2.05) is 49.4 Å². The summed E-state index contributed by atoms with van der Waals surface area (Å²) in [6.45, 7) is 12.0. The quantitative estimate of drug-likeness (QED) is 0.570. The lowest BCUT2D eigenvalue weighted by Crippen LogP contribution is -2.45. The second-order valence-corrected chi connectivity index (χ2v) is 9.57. The average Bonchev–Trinajstić information content (AvgIpc) is 3.08. The van der Waals surface area contributed by atoms with Crippen LogP contribution in [0.4, 0.5) is 4.79 Å². The Balaban J connectivity index is 1.34. The number of hydrogen-bond donors (Lipinski definition) is 2. The first-order valence-electron chi connectivity index (χ1n) is 12.3. The van der Waals surface area contributed by atoms with Gasteiger partial charge < -0.3 is 15.5 Å². The van der Waals surface area contributed by atoms with E-state index in [0.717, 1.165) is 55.3 Å². The molecule has 4 amide bonds. The molecule has 2 N–H and O–H groups in total. The molecule has 2 fully saturated rings. The number of hydrogen-bond acceptors (Lipinski definition) is 5. The third-order valence-electron chi connectivity index (χ3n) is 7.11. The van der Waals surface area contributed by atoms with E-state index in [1.165, 1.54) is 5.56 Å². The third kappa shape index (κ3) is 5.55. The predicted molar refractivity (Wildman–Crippen MR) is 134 cm³/mol. The largest absolute Gasteiger partial charge is 0.350 e. The van der Waals surface area contributed by atoms with Crippen molar-refractivity contribution in [3.63, 3.8) is 0 Å². The number of amides is 4. The van der Waals surface area contributed by atoms with E-state index in [0.29, 0.717) is 12.1 Å². The Morgan fingerprint density at radius 1 is 0.971 bits per heavy atom. The highest BCUT2D eigenvalue weighted by Gasteiger charge is 2.49. The lowest BCUT2D eigenvalue weighted by molar-refractivity contribution is -0.134. The maximum Gasteiger partial charge on any atom is 0.325 e. The molecule has 0 saturated carbocycles. The van der Waals surface area contributed by atoms with E-state index in [2.05, 4.69) is 33.4 Å². The fourth-order valence-corrected chi connectivity index (χ4v) is 4.71. The van der Waals surface area contributed by atoms with Crippen molar-refractivity contribution in [2.75, 3.05) is 39.3 Å². The molecule has 0 aliphatic carbocycles. The normalized spacial score (nSPS) is 21.3. The summed E-state index contributed by atoms with van der Waals surface area (Å²) in [5.41, 5.74) is 2.80. The maximum atomic E-state index is 13.1. The van der Waals surface area contributed by atoms with Gasteiger partial charge in [-0.1, -0.05) is 61.0 Å². The average molecular weight is 478 g/mol. The molecule has 4 rings (SSSR count). The topological polar surface area (TPSA) is 85.0 Å². The van der Waals surface area contributed by atoms with Crippen molar-refractivity contribution >= 4 is 17.8 Å². The van der Waals surface area contributed by atoms with Crippen LogP contribution in [-0.4, -0.2) is 71.8 Å². The third-order valence-corrected chi connectivity index (χ3v) is 7.11. The monoisotopic (exact) mass is 477 g/mol. The SMILES string of the molecule is CCN1CCN(Cc2ccccc2CNC(=O)CN2C(=O)NC(C)(c3ccc(C)cc3)C2=O)CC1. The van der Waals surface area contributed by atoms with Crippen LogP contribution in [0.2, 0.25) is 0 Å². The Kier molecular flexibility index (Phi) is 7.52. The Morgan fingerprint density at radius 2 is 1.60 bits per heavy atom. The summed E-state index contributed by atoms with van der Waals surface area (Å²) in [4.78, 5) is 44.3. The van der Waals surface area contributed by atoms with Crippen LogP contribution < -0.4 is 10.6 Å². The first-order chi connectivity index (χ1) is 16.8. The van der Waals surface area contributed by atoms with Crippen LogP contribution in [0, 0.1) is 6.92 Å². The van der Waals surface area contributed by atoms with E-state index in [1.54, 1.807) is 6.92 Å². The number of aryl methyl sites for hydroxylation is 1. The van der Waals surface area contributed by atoms with Crippen molar-refractivity contribution in [3.8, 4) is 0 Å². The van der Waals surface area contributed by atoms with Gasteiger partial charge in [0.15, 0.2) is 0 Å². The van der Waals surface area contributed by atoms with Crippen LogP contribution in [0.15, 0.2) is 48.5 Å². The number of piperazine rings is 1. The Bertz CT molecular complexity index is 1080. The lowest BCUT2D eigenvalue weighted by atomic mass is 9.91. The first-order valence-corrected chi connectivity index (χ1v) is 12.3. The van der Waals surface area contributed by atoms with Crippen LogP contribution in [0.3, 0.4) is 0 Å². The van der Waals surface area contributed by atoms with Gasteiger partial charge in [-0.3, -0.25) is 19.4 Å². The molecule has 0 bridgehead atoms. The van der Waals surface area contributed by atoms with E-state index in [9.17, 15) is 14.4 Å². The smallest absolute Gasteiger partial charge is 0.325 e. The van der Waals surface area contributed by atoms with Crippen molar-refractivity contribution < 1.29 is 14.4 Å². The summed E-state index contributed by atoms with van der Waals surface area (Å²) in [5.74, 6) is -0.791. The van der Waals surface area contributed by atoms with Crippen LogP contribution in [-0.2, 0) is 28.2 Å². The number of carbonyl (C=O) groups is 3. The molecule has 2 saturated heterocycles. The number of urea groups is 1. The fraction of sp³-hybridized carbons (Fsp3) is 0.444. The van der Waals surface area contributed by atoms with Gasteiger partial charge >= 0.3 is 6.03 Å². The Hall–Kier alpha value is -3.23. The summed E-state index contributed by atoms with van der Waals surface area (Å²) in [6.07, 6.45) is 0. The summed E-state index contributed by atoms with van der Waals surface area (Å²) in [7, 11) is 0. The molecule has 186 valence electrons. The number of imide groups is 1. The minimum Gasteiger partial charge on any atom is -0.350 e. The highest BCUT2D eigenvalue weighted by molar-refractivity contribution is 6.09. The van der Waals surface area contributed by atoms with Crippen molar-refractivity contribution in [1.82, 2.24) is 25.3 Å². The van der Waals surface area contributed by atoms with Crippen LogP contribution in [0.5, 0.6) is 0 Å². The maximum absolute atomic E-state index is 13.1. The number of nitrogens with zero attached hydrogens (tertiary/aromatic N) is 3. The van der Waals surface area contributed by atoms with Gasteiger partial charge in [-0.15, -0.1) is 0 Å². The summed E-state index contributed by atoms with van der Waals surface area (Å²) >= 11 is 0. The van der Waals surface area contributed by atoms with Crippen LogP contribution in [0.25, 0.3) is 0 Å². The molecular weight excluding hydrogens is 442 g/mol. The van der Waals surface area contributed by atoms with Gasteiger partial charge in [0.25, 0.3) is 5.91 Å². The molecule has 1 unspecified atom stereocenters. The lowest BCUT2D eigenvalue weighted by Gasteiger charge is -2.34. The van der Waals surface area contributed by atoms with Gasteiger partial charge in [0.1, 0.15) is 12.1 Å². The summed E-state index contributed by atoms with van der Waals surface area (Å²) in [6, 6.07) is 15.0. The predicted octanol–water partition coefficient (Wildman–Crippen LogP) is 2.22. The molecular formula is C27H35N5O3.